The van der Waals surface area contributed by atoms with E-state index in [2.05, 4.69) is 26.0 Å². The van der Waals surface area contributed by atoms with Gasteiger partial charge in [0, 0.05) is 16.6 Å². The van der Waals surface area contributed by atoms with Crippen molar-refractivity contribution in [3.63, 3.8) is 0 Å². The van der Waals surface area contributed by atoms with Crippen LogP contribution in [-0.4, -0.2) is 27.0 Å². The van der Waals surface area contributed by atoms with E-state index in [0.29, 0.717) is 6.04 Å². The zero-order valence-corrected chi connectivity index (χ0v) is 14.9. The lowest BCUT2D eigenvalue weighted by Gasteiger charge is -2.28. The lowest BCUT2D eigenvalue weighted by molar-refractivity contribution is 0.361. The zero-order chi connectivity index (χ0) is 14.0. The molecule has 20 heavy (non-hydrogen) atoms. The average molecular weight is 404 g/mol. The molecule has 0 radical (unpaired) electrons. The molecule has 0 aliphatic carbocycles. The molecular weight excluding hydrogens is 387 g/mol. The van der Waals surface area contributed by atoms with E-state index >= 15 is 0 Å². The first-order chi connectivity index (χ1) is 8.88. The molecule has 1 aliphatic rings. The normalized spacial score (nSPS) is 23.1. The second kappa shape index (κ2) is 7.42. The van der Waals surface area contributed by atoms with Crippen molar-refractivity contribution in [2.45, 2.75) is 36.7 Å². The van der Waals surface area contributed by atoms with Crippen molar-refractivity contribution in [2.24, 2.45) is 0 Å². The summed E-state index contributed by atoms with van der Waals surface area (Å²) < 4.78 is 28.1. The molecule has 0 saturated carbocycles. The highest BCUT2D eigenvalue weighted by atomic mass is 79.9. The van der Waals surface area contributed by atoms with Crippen LogP contribution in [0.4, 0.5) is 0 Å². The molecule has 1 saturated heterocycles. The number of sulfonamides is 1. The van der Waals surface area contributed by atoms with Crippen molar-refractivity contribution in [1.82, 2.24) is 10.0 Å². The zero-order valence-electron chi connectivity index (χ0n) is 10.9. The molecular formula is C12H17BrCl2N2O2S. The molecule has 0 aromatic heterocycles. The number of rotatable bonds is 3. The second-order valence-corrected chi connectivity index (χ2v) is 7.78. The van der Waals surface area contributed by atoms with Crippen molar-refractivity contribution in [2.75, 3.05) is 6.54 Å². The summed E-state index contributed by atoms with van der Waals surface area (Å²) in [5.74, 6) is 0. The molecule has 114 valence electrons. The molecule has 1 aliphatic heterocycles. The predicted molar refractivity (Wildman–Crippen MR) is 87.2 cm³/mol. The van der Waals surface area contributed by atoms with Gasteiger partial charge in [-0.05, 0) is 44.5 Å². The van der Waals surface area contributed by atoms with Crippen molar-refractivity contribution >= 4 is 50.0 Å². The minimum atomic E-state index is -3.56. The summed E-state index contributed by atoms with van der Waals surface area (Å²) in [6.07, 6.45) is 1.57. The largest absolute Gasteiger partial charge is 0.314 e. The molecule has 2 atom stereocenters. The summed E-state index contributed by atoms with van der Waals surface area (Å²) in [6, 6.07) is 5.05. The Balaban J connectivity index is 0.00000200. The Morgan fingerprint density at radius 1 is 1.45 bits per heavy atom. The Kier molecular flexibility index (Phi) is 6.76. The highest BCUT2D eigenvalue weighted by Gasteiger charge is 2.25. The van der Waals surface area contributed by atoms with E-state index in [4.69, 9.17) is 11.6 Å². The fraction of sp³-hybridized carbons (Fsp3) is 0.500. The number of halogens is 3. The first-order valence-corrected chi connectivity index (χ1v) is 8.74. The van der Waals surface area contributed by atoms with Gasteiger partial charge in [-0.25, -0.2) is 13.1 Å². The first-order valence-electron chi connectivity index (χ1n) is 6.09. The van der Waals surface area contributed by atoms with Crippen LogP contribution < -0.4 is 10.0 Å². The molecule has 2 unspecified atom stereocenters. The highest BCUT2D eigenvalue weighted by molar-refractivity contribution is 9.10. The van der Waals surface area contributed by atoms with Crippen LogP contribution >= 0.6 is 39.9 Å². The standard InChI is InChI=1S/C12H16BrClN2O2S.ClH/c1-8-6-10(4-5-15-8)16-19(17,18)12-3-2-9(13)7-11(12)14;/h2-3,7-8,10,15-16H,4-6H2,1H3;1H. The van der Waals surface area contributed by atoms with E-state index in [1.807, 2.05) is 6.92 Å². The molecule has 4 nitrogen and oxygen atoms in total. The molecule has 8 heteroatoms. The van der Waals surface area contributed by atoms with Crippen LogP contribution in [0.3, 0.4) is 0 Å². The number of nitrogens with one attached hydrogen (secondary N) is 2. The molecule has 2 rings (SSSR count). The minimum absolute atomic E-state index is 0. The van der Waals surface area contributed by atoms with Crippen LogP contribution in [0, 0.1) is 0 Å². The molecule has 0 bridgehead atoms. The van der Waals surface area contributed by atoms with Crippen LogP contribution in [0.1, 0.15) is 19.8 Å². The highest BCUT2D eigenvalue weighted by Crippen LogP contribution is 2.25. The van der Waals surface area contributed by atoms with Gasteiger partial charge < -0.3 is 5.32 Å². The predicted octanol–water partition coefficient (Wildman–Crippen LogP) is 2.94. The third-order valence-electron chi connectivity index (χ3n) is 3.13. The maximum absolute atomic E-state index is 12.3. The van der Waals surface area contributed by atoms with Gasteiger partial charge in [0.25, 0.3) is 0 Å². The summed E-state index contributed by atoms with van der Waals surface area (Å²) in [4.78, 5) is 0.128. The van der Waals surface area contributed by atoms with Gasteiger partial charge in [0.15, 0.2) is 0 Å². The number of hydrogen-bond donors (Lipinski definition) is 2. The van der Waals surface area contributed by atoms with Crippen molar-refractivity contribution in [3.8, 4) is 0 Å². The quantitative estimate of drug-likeness (QED) is 0.815. The Hall–Kier alpha value is 0.150. The molecule has 1 fully saturated rings. The maximum atomic E-state index is 12.3. The van der Waals surface area contributed by atoms with Gasteiger partial charge in [-0.15, -0.1) is 12.4 Å². The van der Waals surface area contributed by atoms with Gasteiger partial charge in [0.05, 0.1) is 5.02 Å². The molecule has 1 heterocycles. The van der Waals surface area contributed by atoms with Gasteiger partial charge in [-0.2, -0.15) is 0 Å². The van der Waals surface area contributed by atoms with E-state index in [1.165, 1.54) is 6.07 Å². The SMILES string of the molecule is CC1CC(NS(=O)(=O)c2ccc(Br)cc2Cl)CCN1.Cl. The number of piperidine rings is 1. The van der Waals surface area contributed by atoms with Crippen LogP contribution in [0.5, 0.6) is 0 Å². The fourth-order valence-corrected chi connectivity index (χ4v) is 4.54. The molecule has 1 aromatic rings. The third kappa shape index (κ3) is 4.58. The van der Waals surface area contributed by atoms with Gasteiger partial charge in [0.1, 0.15) is 4.90 Å². The lowest BCUT2D eigenvalue weighted by Crippen LogP contribution is -2.46. The molecule has 2 N–H and O–H groups in total. The summed E-state index contributed by atoms with van der Waals surface area (Å²) in [7, 11) is -3.56. The van der Waals surface area contributed by atoms with Gasteiger partial charge in [-0.3, -0.25) is 0 Å². The third-order valence-corrected chi connectivity index (χ3v) is 5.63. The monoisotopic (exact) mass is 402 g/mol. The summed E-state index contributed by atoms with van der Waals surface area (Å²) >= 11 is 9.26. The fourth-order valence-electron chi connectivity index (χ4n) is 2.22. The minimum Gasteiger partial charge on any atom is -0.314 e. The summed E-state index contributed by atoms with van der Waals surface area (Å²) in [5, 5.41) is 3.52. The number of benzene rings is 1. The average Bonchev–Trinajstić information content (AvgIpc) is 2.27. The van der Waals surface area contributed by atoms with Crippen molar-refractivity contribution in [1.29, 1.82) is 0 Å². The Morgan fingerprint density at radius 2 is 2.15 bits per heavy atom. The van der Waals surface area contributed by atoms with Gasteiger partial charge in [0.2, 0.25) is 10.0 Å². The number of hydrogen-bond acceptors (Lipinski definition) is 3. The smallest absolute Gasteiger partial charge is 0.242 e. The lowest BCUT2D eigenvalue weighted by atomic mass is 10.0. The van der Waals surface area contributed by atoms with Gasteiger partial charge in [-0.1, -0.05) is 27.5 Å². The molecule has 0 spiro atoms. The van der Waals surface area contributed by atoms with Crippen LogP contribution in [0.15, 0.2) is 27.6 Å². The Morgan fingerprint density at radius 3 is 2.75 bits per heavy atom. The summed E-state index contributed by atoms with van der Waals surface area (Å²) in [6.45, 7) is 2.87. The van der Waals surface area contributed by atoms with Crippen molar-refractivity contribution in [3.05, 3.63) is 27.7 Å². The van der Waals surface area contributed by atoms with E-state index in [-0.39, 0.29) is 28.4 Å². The van der Waals surface area contributed by atoms with E-state index in [0.717, 1.165) is 23.9 Å². The van der Waals surface area contributed by atoms with Gasteiger partial charge >= 0.3 is 0 Å². The van der Waals surface area contributed by atoms with Crippen LogP contribution in [-0.2, 0) is 10.0 Å². The Labute approximate surface area is 139 Å². The van der Waals surface area contributed by atoms with Crippen molar-refractivity contribution < 1.29 is 8.42 Å². The van der Waals surface area contributed by atoms with E-state index in [1.54, 1.807) is 12.1 Å². The van der Waals surface area contributed by atoms with E-state index in [9.17, 15) is 8.42 Å². The van der Waals surface area contributed by atoms with Crippen LogP contribution in [0.25, 0.3) is 0 Å². The summed E-state index contributed by atoms with van der Waals surface area (Å²) in [5.41, 5.74) is 0. The maximum Gasteiger partial charge on any atom is 0.242 e. The van der Waals surface area contributed by atoms with Crippen LogP contribution in [0.2, 0.25) is 5.02 Å². The first kappa shape index (κ1) is 18.2. The van der Waals surface area contributed by atoms with E-state index < -0.39 is 10.0 Å². The topological polar surface area (TPSA) is 58.2 Å². The Bertz CT molecular complexity index is 569. The molecule has 0 amide bonds. The molecule has 1 aromatic carbocycles. The second-order valence-electron chi connectivity index (χ2n) is 4.77.